The number of anilines is 1. The Balaban J connectivity index is 2.57. The monoisotopic (exact) mass is 249 g/mol. The van der Waals surface area contributed by atoms with Crippen LogP contribution in [-0.2, 0) is 20.7 Å². The van der Waals surface area contributed by atoms with Crippen LogP contribution < -0.4 is 4.90 Å². The highest BCUT2D eigenvalue weighted by molar-refractivity contribution is 6.03. The first kappa shape index (κ1) is 12.6. The molecule has 1 atom stereocenters. The summed E-state index contributed by atoms with van der Waals surface area (Å²) in [6.45, 7) is 1.34. The van der Waals surface area contributed by atoms with Gasteiger partial charge in [-0.25, -0.2) is 4.79 Å². The van der Waals surface area contributed by atoms with E-state index < -0.39 is 11.5 Å². The average molecular weight is 249 g/mol. The Morgan fingerprint density at radius 2 is 2.11 bits per heavy atom. The van der Waals surface area contributed by atoms with Gasteiger partial charge in [0.1, 0.15) is 0 Å². The fraction of sp³-hybridized carbons (Fsp3) is 0.385. The number of carboxylic acid groups (broad SMARTS) is 1. The molecule has 0 spiro atoms. The molecule has 96 valence electrons. The fourth-order valence-corrected chi connectivity index (χ4v) is 2.56. The molecule has 1 heterocycles. The van der Waals surface area contributed by atoms with Crippen molar-refractivity contribution < 1.29 is 19.4 Å². The maximum atomic E-state index is 11.8. The molecule has 0 bridgehead atoms. The zero-order valence-corrected chi connectivity index (χ0v) is 10.3. The molecule has 1 aromatic carbocycles. The topological polar surface area (TPSA) is 66.8 Å². The number of ether oxygens (including phenoxy) is 1. The third-order valence-electron chi connectivity index (χ3n) is 3.24. The van der Waals surface area contributed by atoms with E-state index in [4.69, 9.17) is 4.74 Å². The summed E-state index contributed by atoms with van der Waals surface area (Å²) >= 11 is 0. The van der Waals surface area contributed by atoms with Gasteiger partial charge >= 0.3 is 5.97 Å². The SMILES string of the molecule is COCC1(C(=O)O)Cc2ccccc2N1C(C)=O. The summed E-state index contributed by atoms with van der Waals surface area (Å²) in [5, 5.41) is 9.51. The molecule has 1 amide bonds. The summed E-state index contributed by atoms with van der Waals surface area (Å²) in [4.78, 5) is 24.8. The van der Waals surface area contributed by atoms with Crippen molar-refractivity contribution in [1.29, 1.82) is 0 Å². The average Bonchev–Trinajstić information content (AvgIpc) is 2.64. The highest BCUT2D eigenvalue weighted by Crippen LogP contribution is 2.39. The molecule has 18 heavy (non-hydrogen) atoms. The zero-order chi connectivity index (χ0) is 13.3. The molecule has 5 heteroatoms. The Morgan fingerprint density at radius 1 is 1.44 bits per heavy atom. The number of methoxy groups -OCH3 is 1. The lowest BCUT2D eigenvalue weighted by Crippen LogP contribution is -2.58. The summed E-state index contributed by atoms with van der Waals surface area (Å²) in [6.07, 6.45) is 0.270. The number of fused-ring (bicyclic) bond motifs is 1. The van der Waals surface area contributed by atoms with Crippen LogP contribution in [0.4, 0.5) is 5.69 Å². The van der Waals surface area contributed by atoms with Gasteiger partial charge in [-0.15, -0.1) is 0 Å². The number of carboxylic acids is 1. The molecule has 5 nitrogen and oxygen atoms in total. The number of nitrogens with zero attached hydrogens (tertiary/aromatic N) is 1. The van der Waals surface area contributed by atoms with Gasteiger partial charge in [0.25, 0.3) is 0 Å². The van der Waals surface area contributed by atoms with E-state index in [-0.39, 0.29) is 18.9 Å². The zero-order valence-electron chi connectivity index (χ0n) is 10.3. The summed E-state index contributed by atoms with van der Waals surface area (Å²) in [5.41, 5.74) is 0.182. The van der Waals surface area contributed by atoms with Crippen molar-refractivity contribution in [2.24, 2.45) is 0 Å². The number of amides is 1. The molecule has 1 N–H and O–H groups in total. The lowest BCUT2D eigenvalue weighted by molar-refractivity contribution is -0.147. The van der Waals surface area contributed by atoms with Gasteiger partial charge in [0.15, 0.2) is 5.54 Å². The second kappa shape index (κ2) is 4.42. The quantitative estimate of drug-likeness (QED) is 0.870. The van der Waals surface area contributed by atoms with Crippen molar-refractivity contribution in [3.05, 3.63) is 29.8 Å². The van der Waals surface area contributed by atoms with E-state index in [1.54, 1.807) is 12.1 Å². The third kappa shape index (κ3) is 1.67. The Bertz CT molecular complexity index is 500. The van der Waals surface area contributed by atoms with Crippen LogP contribution in [0.25, 0.3) is 0 Å². The number of carbonyl (C=O) groups is 2. The van der Waals surface area contributed by atoms with Crippen LogP contribution in [0.15, 0.2) is 24.3 Å². The van der Waals surface area contributed by atoms with E-state index in [0.717, 1.165) is 5.56 Å². The minimum absolute atomic E-state index is 0.0312. The molecular formula is C13H15NO4. The maximum absolute atomic E-state index is 11.8. The van der Waals surface area contributed by atoms with Crippen LogP contribution >= 0.6 is 0 Å². The number of aliphatic carboxylic acids is 1. The fourth-order valence-electron chi connectivity index (χ4n) is 2.56. The number of para-hydroxylation sites is 1. The Morgan fingerprint density at radius 3 is 2.67 bits per heavy atom. The van der Waals surface area contributed by atoms with E-state index in [0.29, 0.717) is 5.69 Å². The molecule has 0 aromatic heterocycles. The summed E-state index contributed by atoms with van der Waals surface area (Å²) in [5.74, 6) is -1.34. The second-order valence-electron chi connectivity index (χ2n) is 4.43. The van der Waals surface area contributed by atoms with Crippen LogP contribution in [0.2, 0.25) is 0 Å². The molecule has 1 aliphatic rings. The lowest BCUT2D eigenvalue weighted by Gasteiger charge is -2.33. The standard InChI is InChI=1S/C13H15NO4/c1-9(15)14-11-6-4-3-5-10(11)7-13(14,8-18-2)12(16)17/h3-6H,7-8H2,1-2H3,(H,16,17). The molecule has 1 aromatic rings. The number of benzene rings is 1. The molecule has 1 unspecified atom stereocenters. The Hall–Kier alpha value is -1.88. The molecule has 0 radical (unpaired) electrons. The van der Waals surface area contributed by atoms with Gasteiger partial charge in [0, 0.05) is 26.1 Å². The van der Waals surface area contributed by atoms with Crippen molar-refractivity contribution in [2.45, 2.75) is 18.9 Å². The van der Waals surface area contributed by atoms with Gasteiger partial charge in [-0.05, 0) is 11.6 Å². The Kier molecular flexibility index (Phi) is 3.09. The third-order valence-corrected chi connectivity index (χ3v) is 3.24. The van der Waals surface area contributed by atoms with Crippen LogP contribution in [0.1, 0.15) is 12.5 Å². The van der Waals surface area contributed by atoms with Gasteiger partial charge in [-0.3, -0.25) is 9.69 Å². The molecule has 0 saturated heterocycles. The second-order valence-corrected chi connectivity index (χ2v) is 4.43. The van der Waals surface area contributed by atoms with Crippen molar-refractivity contribution in [3.63, 3.8) is 0 Å². The highest BCUT2D eigenvalue weighted by Gasteiger charge is 2.52. The largest absolute Gasteiger partial charge is 0.479 e. The predicted octanol–water partition coefficient (Wildman–Crippen LogP) is 1.07. The van der Waals surface area contributed by atoms with Crippen molar-refractivity contribution in [3.8, 4) is 0 Å². The minimum Gasteiger partial charge on any atom is -0.479 e. The van der Waals surface area contributed by atoms with E-state index in [2.05, 4.69) is 0 Å². The van der Waals surface area contributed by atoms with E-state index in [1.807, 2.05) is 12.1 Å². The summed E-state index contributed by atoms with van der Waals surface area (Å²) < 4.78 is 5.03. The van der Waals surface area contributed by atoms with Crippen molar-refractivity contribution in [1.82, 2.24) is 0 Å². The maximum Gasteiger partial charge on any atom is 0.332 e. The van der Waals surface area contributed by atoms with E-state index in [9.17, 15) is 14.7 Å². The first-order chi connectivity index (χ1) is 8.53. The van der Waals surface area contributed by atoms with Gasteiger partial charge < -0.3 is 9.84 Å². The first-order valence-corrected chi connectivity index (χ1v) is 5.64. The molecule has 0 saturated carbocycles. The van der Waals surface area contributed by atoms with Gasteiger partial charge in [0.05, 0.1) is 6.61 Å². The summed E-state index contributed by atoms with van der Waals surface area (Å²) in [6, 6.07) is 7.23. The molecule has 2 rings (SSSR count). The van der Waals surface area contributed by atoms with Gasteiger partial charge in [-0.2, -0.15) is 0 Å². The number of hydrogen-bond acceptors (Lipinski definition) is 3. The lowest BCUT2D eigenvalue weighted by atomic mass is 9.95. The molecular weight excluding hydrogens is 234 g/mol. The van der Waals surface area contributed by atoms with Crippen molar-refractivity contribution in [2.75, 3.05) is 18.6 Å². The van der Waals surface area contributed by atoms with E-state index in [1.165, 1.54) is 18.9 Å². The van der Waals surface area contributed by atoms with E-state index >= 15 is 0 Å². The Labute approximate surface area is 105 Å². The number of carbonyl (C=O) groups excluding carboxylic acids is 1. The normalized spacial score (nSPS) is 21.8. The predicted molar refractivity (Wildman–Crippen MR) is 65.5 cm³/mol. The summed E-state index contributed by atoms with van der Waals surface area (Å²) in [7, 11) is 1.44. The minimum atomic E-state index is -1.33. The van der Waals surface area contributed by atoms with Crippen LogP contribution in [-0.4, -0.2) is 36.2 Å². The highest BCUT2D eigenvalue weighted by atomic mass is 16.5. The van der Waals surface area contributed by atoms with Crippen LogP contribution in [0.3, 0.4) is 0 Å². The number of hydrogen-bond donors (Lipinski definition) is 1. The van der Waals surface area contributed by atoms with Crippen molar-refractivity contribution >= 4 is 17.6 Å². The molecule has 0 fully saturated rings. The van der Waals surface area contributed by atoms with Gasteiger partial charge in [-0.1, -0.05) is 18.2 Å². The first-order valence-electron chi connectivity index (χ1n) is 5.64. The van der Waals surface area contributed by atoms with Crippen LogP contribution in [0, 0.1) is 0 Å². The smallest absolute Gasteiger partial charge is 0.332 e. The van der Waals surface area contributed by atoms with Crippen LogP contribution in [0.5, 0.6) is 0 Å². The van der Waals surface area contributed by atoms with Gasteiger partial charge in [0.2, 0.25) is 5.91 Å². The molecule has 0 aliphatic carbocycles. The molecule has 1 aliphatic heterocycles. The number of rotatable bonds is 3.